The highest BCUT2D eigenvalue weighted by Crippen LogP contribution is 2.37. The molecule has 0 aromatic heterocycles. The highest BCUT2D eigenvalue weighted by atomic mass is 16.2. The van der Waals surface area contributed by atoms with E-state index >= 15 is 0 Å². The average molecular weight is 226 g/mol. The van der Waals surface area contributed by atoms with Crippen LogP contribution < -0.4 is 5.32 Å². The lowest BCUT2D eigenvalue weighted by molar-refractivity contribution is -0.136. The zero-order chi connectivity index (χ0) is 12.2. The molecule has 2 aliphatic rings. The number of nitrogens with zero attached hydrogens (tertiary/aromatic N) is 1. The van der Waals surface area contributed by atoms with Crippen molar-refractivity contribution in [3.05, 3.63) is 0 Å². The lowest BCUT2D eigenvalue weighted by Gasteiger charge is -2.36. The maximum Gasteiger partial charge on any atom is 0.226 e. The van der Waals surface area contributed by atoms with E-state index in [1.807, 2.05) is 18.7 Å². The molecule has 0 saturated carbocycles. The Morgan fingerprint density at radius 1 is 1.25 bits per heavy atom. The molecule has 1 spiro atoms. The van der Waals surface area contributed by atoms with Gasteiger partial charge in [0, 0.05) is 26.6 Å². The first-order valence-corrected chi connectivity index (χ1v) is 6.18. The number of carbonyl (C=O) groups excluding carboxylic acids is 2. The van der Waals surface area contributed by atoms with Gasteiger partial charge >= 0.3 is 0 Å². The van der Waals surface area contributed by atoms with Gasteiger partial charge in [0.15, 0.2) is 0 Å². The Labute approximate surface area is 97.4 Å². The summed E-state index contributed by atoms with van der Waals surface area (Å²) in [6.07, 6.45) is 2.61. The van der Waals surface area contributed by atoms with E-state index in [4.69, 9.17) is 0 Å². The molecular formula is C12H22N2O2. The van der Waals surface area contributed by atoms with E-state index in [2.05, 4.69) is 5.32 Å². The summed E-state index contributed by atoms with van der Waals surface area (Å²) in [4.78, 5) is 24.6. The van der Waals surface area contributed by atoms with Crippen LogP contribution in [0.5, 0.6) is 0 Å². The molecule has 2 fully saturated rings. The highest BCUT2D eigenvalue weighted by molar-refractivity contribution is 5.85. The normalized spacial score (nSPS) is 22.4. The van der Waals surface area contributed by atoms with E-state index in [0.717, 1.165) is 38.9 Å². The third-order valence-electron chi connectivity index (χ3n) is 3.54. The van der Waals surface area contributed by atoms with Gasteiger partial charge in [0.25, 0.3) is 0 Å². The van der Waals surface area contributed by atoms with Crippen molar-refractivity contribution in [3.63, 3.8) is 0 Å². The van der Waals surface area contributed by atoms with Gasteiger partial charge in [0.05, 0.1) is 5.41 Å². The second-order valence-electron chi connectivity index (χ2n) is 4.29. The molecule has 0 unspecified atom stereocenters. The van der Waals surface area contributed by atoms with Crippen molar-refractivity contribution >= 4 is 11.8 Å². The zero-order valence-corrected chi connectivity index (χ0v) is 10.5. The minimum Gasteiger partial charge on any atom is -0.356 e. The summed E-state index contributed by atoms with van der Waals surface area (Å²) in [6.45, 7) is 7.87. The van der Waals surface area contributed by atoms with E-state index in [1.54, 1.807) is 6.92 Å². The average Bonchev–Trinajstić information content (AvgIpc) is 2.64. The highest BCUT2D eigenvalue weighted by Gasteiger charge is 2.44. The Bertz CT molecular complexity index is 268. The van der Waals surface area contributed by atoms with E-state index in [9.17, 15) is 9.59 Å². The summed E-state index contributed by atoms with van der Waals surface area (Å²) in [5.41, 5.74) is -0.147. The van der Waals surface area contributed by atoms with Gasteiger partial charge in [-0.25, -0.2) is 0 Å². The summed E-state index contributed by atoms with van der Waals surface area (Å²) in [6, 6.07) is 0. The Kier molecular flexibility index (Phi) is 4.33. The fraction of sp³-hybridized carbons (Fsp3) is 0.833. The lowest BCUT2D eigenvalue weighted by Crippen LogP contribution is -2.45. The first kappa shape index (κ1) is 13.0. The number of amides is 2. The molecule has 2 heterocycles. The number of rotatable bonds is 0. The Morgan fingerprint density at radius 3 is 2.19 bits per heavy atom. The molecule has 0 bridgehead atoms. The van der Waals surface area contributed by atoms with Gasteiger partial charge in [-0.1, -0.05) is 13.8 Å². The van der Waals surface area contributed by atoms with Gasteiger partial charge in [-0.05, 0) is 19.3 Å². The van der Waals surface area contributed by atoms with Crippen LogP contribution >= 0.6 is 0 Å². The fourth-order valence-corrected chi connectivity index (χ4v) is 2.44. The Hall–Kier alpha value is -1.06. The van der Waals surface area contributed by atoms with Crippen LogP contribution in [0.25, 0.3) is 0 Å². The smallest absolute Gasteiger partial charge is 0.226 e. The van der Waals surface area contributed by atoms with Crippen LogP contribution in [0.1, 0.15) is 40.0 Å². The van der Waals surface area contributed by atoms with E-state index in [-0.39, 0.29) is 17.2 Å². The molecule has 0 aromatic rings. The third kappa shape index (κ3) is 2.36. The van der Waals surface area contributed by atoms with Crippen LogP contribution in [-0.2, 0) is 9.59 Å². The number of carbonyl (C=O) groups is 2. The number of piperidine rings is 1. The molecule has 2 amide bonds. The van der Waals surface area contributed by atoms with Crippen LogP contribution in [0.3, 0.4) is 0 Å². The predicted molar refractivity (Wildman–Crippen MR) is 62.9 cm³/mol. The van der Waals surface area contributed by atoms with Crippen LogP contribution in [0.15, 0.2) is 0 Å². The van der Waals surface area contributed by atoms with Gasteiger partial charge in [0.1, 0.15) is 0 Å². The largest absolute Gasteiger partial charge is 0.356 e. The first-order chi connectivity index (χ1) is 7.64. The first-order valence-electron chi connectivity index (χ1n) is 6.18. The number of hydrogen-bond donors (Lipinski definition) is 1. The van der Waals surface area contributed by atoms with Crippen LogP contribution in [0.4, 0.5) is 0 Å². The summed E-state index contributed by atoms with van der Waals surface area (Å²) in [7, 11) is 0. The van der Waals surface area contributed by atoms with Gasteiger partial charge in [-0.2, -0.15) is 0 Å². The minimum atomic E-state index is -0.147. The Balaban J connectivity index is 0.000000606. The topological polar surface area (TPSA) is 49.4 Å². The van der Waals surface area contributed by atoms with Gasteiger partial charge in [0.2, 0.25) is 11.8 Å². The van der Waals surface area contributed by atoms with Crippen molar-refractivity contribution in [2.24, 2.45) is 5.41 Å². The maximum absolute atomic E-state index is 11.6. The summed E-state index contributed by atoms with van der Waals surface area (Å²) >= 11 is 0. The molecule has 2 saturated heterocycles. The van der Waals surface area contributed by atoms with Crippen molar-refractivity contribution in [3.8, 4) is 0 Å². The second-order valence-corrected chi connectivity index (χ2v) is 4.29. The van der Waals surface area contributed by atoms with Crippen molar-refractivity contribution in [2.75, 3.05) is 19.6 Å². The predicted octanol–water partition coefficient (Wildman–Crippen LogP) is 1.16. The fourth-order valence-electron chi connectivity index (χ4n) is 2.44. The summed E-state index contributed by atoms with van der Waals surface area (Å²) < 4.78 is 0. The molecule has 2 rings (SSSR count). The molecule has 1 N–H and O–H groups in total. The van der Waals surface area contributed by atoms with Crippen LogP contribution in [-0.4, -0.2) is 36.3 Å². The van der Waals surface area contributed by atoms with Crippen molar-refractivity contribution in [2.45, 2.75) is 40.0 Å². The van der Waals surface area contributed by atoms with Crippen LogP contribution in [0, 0.1) is 5.41 Å². The molecular weight excluding hydrogens is 204 g/mol. The van der Waals surface area contributed by atoms with Crippen molar-refractivity contribution < 1.29 is 9.59 Å². The Morgan fingerprint density at radius 2 is 1.81 bits per heavy atom. The molecule has 0 radical (unpaired) electrons. The van der Waals surface area contributed by atoms with Crippen molar-refractivity contribution in [1.82, 2.24) is 10.2 Å². The molecule has 2 aliphatic heterocycles. The van der Waals surface area contributed by atoms with E-state index in [0.29, 0.717) is 0 Å². The molecule has 0 atom stereocenters. The molecule has 16 heavy (non-hydrogen) atoms. The van der Waals surface area contributed by atoms with Crippen LogP contribution in [0.2, 0.25) is 0 Å². The quantitative estimate of drug-likeness (QED) is 0.674. The minimum absolute atomic E-state index is 0.123. The molecule has 92 valence electrons. The molecule has 0 aliphatic carbocycles. The van der Waals surface area contributed by atoms with E-state index in [1.165, 1.54) is 0 Å². The summed E-state index contributed by atoms with van der Waals surface area (Å²) in [5, 5.41) is 2.88. The maximum atomic E-state index is 11.6. The SMILES string of the molecule is CC.CC(=O)N1CCC2(CCNC2=O)CC1. The molecule has 4 nitrogen and oxygen atoms in total. The second kappa shape index (κ2) is 5.32. The number of hydrogen-bond acceptors (Lipinski definition) is 2. The standard InChI is InChI=1S/C10H16N2O2.C2H6/c1-8(13)12-6-3-10(4-7-12)2-5-11-9(10)14;1-2/h2-7H2,1H3,(H,11,14);1-2H3. The van der Waals surface area contributed by atoms with Gasteiger partial charge in [-0.3, -0.25) is 9.59 Å². The lowest BCUT2D eigenvalue weighted by atomic mass is 9.77. The molecule has 4 heteroatoms. The molecule has 0 aromatic carbocycles. The summed E-state index contributed by atoms with van der Waals surface area (Å²) in [5.74, 6) is 0.318. The zero-order valence-electron chi connectivity index (χ0n) is 10.5. The van der Waals surface area contributed by atoms with Gasteiger partial charge in [-0.15, -0.1) is 0 Å². The number of likely N-dealkylation sites (tertiary alicyclic amines) is 1. The number of nitrogens with one attached hydrogen (secondary N) is 1. The third-order valence-corrected chi connectivity index (χ3v) is 3.54. The monoisotopic (exact) mass is 226 g/mol. The van der Waals surface area contributed by atoms with Gasteiger partial charge < -0.3 is 10.2 Å². The van der Waals surface area contributed by atoms with E-state index < -0.39 is 0 Å². The van der Waals surface area contributed by atoms with Crippen molar-refractivity contribution in [1.29, 1.82) is 0 Å².